The fourth-order valence-corrected chi connectivity index (χ4v) is 3.49. The van der Waals surface area contributed by atoms with Gasteiger partial charge in [0.25, 0.3) is 5.91 Å². The van der Waals surface area contributed by atoms with Gasteiger partial charge >= 0.3 is 0 Å². The average molecular weight is 371 g/mol. The van der Waals surface area contributed by atoms with Gasteiger partial charge in [0.15, 0.2) is 0 Å². The molecule has 0 aliphatic heterocycles. The fraction of sp³-hybridized carbons (Fsp3) is 0.562. The Morgan fingerprint density at radius 2 is 2.26 bits per heavy atom. The van der Waals surface area contributed by atoms with E-state index in [9.17, 15) is 4.79 Å². The van der Waals surface area contributed by atoms with Crippen molar-refractivity contribution in [3.8, 4) is 0 Å². The number of benzene rings is 1. The Morgan fingerprint density at radius 1 is 1.42 bits per heavy atom. The summed E-state index contributed by atoms with van der Waals surface area (Å²) in [5, 5.41) is 3.05. The van der Waals surface area contributed by atoms with Gasteiger partial charge in [0.05, 0.1) is 0 Å². The van der Waals surface area contributed by atoms with Gasteiger partial charge < -0.3 is 5.32 Å². The first-order valence-corrected chi connectivity index (χ1v) is 8.27. The van der Waals surface area contributed by atoms with Crippen molar-refractivity contribution >= 4 is 28.5 Å². The molecular formula is C16H22INO. The van der Waals surface area contributed by atoms with Crippen LogP contribution in [0.4, 0.5) is 0 Å². The Kier molecular flexibility index (Phi) is 5.67. The van der Waals surface area contributed by atoms with Crippen molar-refractivity contribution in [3.05, 3.63) is 33.4 Å². The van der Waals surface area contributed by atoms with E-state index in [1.54, 1.807) is 0 Å². The summed E-state index contributed by atoms with van der Waals surface area (Å²) >= 11 is 2.23. The topological polar surface area (TPSA) is 29.1 Å². The smallest absolute Gasteiger partial charge is 0.251 e. The maximum absolute atomic E-state index is 12.0. The molecule has 1 amide bonds. The van der Waals surface area contributed by atoms with Crippen molar-refractivity contribution in [1.29, 1.82) is 0 Å². The summed E-state index contributed by atoms with van der Waals surface area (Å²) in [5.41, 5.74) is 0.768. The van der Waals surface area contributed by atoms with Gasteiger partial charge in [0, 0.05) is 15.7 Å². The summed E-state index contributed by atoms with van der Waals surface area (Å²) in [5.74, 6) is 1.73. The Hall–Kier alpha value is -0.580. The molecule has 1 N–H and O–H groups in total. The number of nitrogens with one attached hydrogen (secondary N) is 1. The fourth-order valence-electron chi connectivity index (χ4n) is 2.94. The van der Waals surface area contributed by atoms with E-state index in [0.717, 1.165) is 33.9 Å². The van der Waals surface area contributed by atoms with Crippen molar-refractivity contribution in [1.82, 2.24) is 5.32 Å². The van der Waals surface area contributed by atoms with Gasteiger partial charge in [-0.3, -0.25) is 4.79 Å². The second kappa shape index (κ2) is 7.27. The van der Waals surface area contributed by atoms with Gasteiger partial charge in [0.2, 0.25) is 0 Å². The van der Waals surface area contributed by atoms with Crippen molar-refractivity contribution < 1.29 is 4.79 Å². The monoisotopic (exact) mass is 371 g/mol. The van der Waals surface area contributed by atoms with Crippen LogP contribution in [0.5, 0.6) is 0 Å². The highest BCUT2D eigenvalue weighted by Gasteiger charge is 2.18. The van der Waals surface area contributed by atoms with Crippen molar-refractivity contribution in [2.75, 3.05) is 6.54 Å². The minimum atomic E-state index is 0.0578. The Labute approximate surface area is 129 Å². The third-order valence-electron chi connectivity index (χ3n) is 3.97. The molecule has 0 aromatic heterocycles. The molecule has 2 unspecified atom stereocenters. The van der Waals surface area contributed by atoms with Crippen molar-refractivity contribution in [2.24, 2.45) is 11.8 Å². The van der Waals surface area contributed by atoms with Crippen LogP contribution in [-0.4, -0.2) is 12.5 Å². The molecule has 1 aliphatic rings. The molecule has 2 rings (SSSR count). The average Bonchev–Trinajstić information content (AvgIpc) is 2.38. The number of amides is 1. The van der Waals surface area contributed by atoms with Crippen LogP contribution >= 0.6 is 22.6 Å². The van der Waals surface area contributed by atoms with Gasteiger partial charge in [-0.1, -0.05) is 32.3 Å². The molecule has 2 nitrogen and oxygen atoms in total. The van der Waals surface area contributed by atoms with Gasteiger partial charge in [0.1, 0.15) is 0 Å². The molecule has 2 atom stereocenters. The highest BCUT2D eigenvalue weighted by Crippen LogP contribution is 2.30. The second-order valence-corrected chi connectivity index (χ2v) is 6.94. The zero-order valence-electron chi connectivity index (χ0n) is 11.5. The lowest BCUT2D eigenvalue weighted by Gasteiger charge is -2.26. The van der Waals surface area contributed by atoms with Crippen molar-refractivity contribution in [3.63, 3.8) is 0 Å². The number of rotatable bonds is 4. The minimum Gasteiger partial charge on any atom is -0.352 e. The predicted octanol–water partition coefficient (Wildman–Crippen LogP) is 4.24. The molecule has 19 heavy (non-hydrogen) atoms. The predicted molar refractivity (Wildman–Crippen MR) is 87.2 cm³/mol. The number of hydrogen-bond acceptors (Lipinski definition) is 1. The van der Waals surface area contributed by atoms with E-state index in [4.69, 9.17) is 0 Å². The van der Waals surface area contributed by atoms with Crippen LogP contribution in [0.2, 0.25) is 0 Å². The first-order valence-electron chi connectivity index (χ1n) is 7.19. The SMILES string of the molecule is CC1CCCC(CCNC(=O)c2cccc(I)c2)C1. The van der Waals surface area contributed by atoms with E-state index < -0.39 is 0 Å². The Balaban J connectivity index is 1.75. The standard InChI is InChI=1S/C16H22INO/c1-12-4-2-5-13(10-12)8-9-18-16(19)14-6-3-7-15(17)11-14/h3,6-7,11-13H,2,4-5,8-10H2,1H3,(H,18,19). The van der Waals surface area contributed by atoms with Gasteiger partial charge in [-0.25, -0.2) is 0 Å². The van der Waals surface area contributed by atoms with Crippen molar-refractivity contribution in [2.45, 2.75) is 39.0 Å². The second-order valence-electron chi connectivity index (χ2n) is 5.69. The summed E-state index contributed by atoms with van der Waals surface area (Å²) in [6.07, 6.45) is 6.53. The minimum absolute atomic E-state index is 0.0578. The zero-order chi connectivity index (χ0) is 13.7. The lowest BCUT2D eigenvalue weighted by atomic mass is 9.81. The summed E-state index contributed by atoms with van der Waals surface area (Å²) in [6, 6.07) is 7.74. The summed E-state index contributed by atoms with van der Waals surface area (Å²) in [7, 11) is 0. The molecule has 0 radical (unpaired) electrons. The first kappa shape index (κ1) is 14.8. The van der Waals surface area contributed by atoms with Crippen LogP contribution in [0.15, 0.2) is 24.3 Å². The number of carbonyl (C=O) groups excluding carboxylic acids is 1. The Bertz CT molecular complexity index is 433. The van der Waals surface area contributed by atoms with E-state index in [1.165, 1.54) is 25.7 Å². The highest BCUT2D eigenvalue weighted by atomic mass is 127. The third-order valence-corrected chi connectivity index (χ3v) is 4.64. The van der Waals surface area contributed by atoms with E-state index in [1.807, 2.05) is 24.3 Å². The maximum Gasteiger partial charge on any atom is 0.251 e. The lowest BCUT2D eigenvalue weighted by molar-refractivity contribution is 0.0949. The van der Waals surface area contributed by atoms with E-state index in [-0.39, 0.29) is 5.91 Å². The molecule has 1 fully saturated rings. The molecule has 3 heteroatoms. The van der Waals surface area contributed by atoms with E-state index >= 15 is 0 Å². The molecule has 1 saturated carbocycles. The van der Waals surface area contributed by atoms with Crippen LogP contribution in [0.25, 0.3) is 0 Å². The summed E-state index contributed by atoms with van der Waals surface area (Å²) in [6.45, 7) is 3.15. The molecular weight excluding hydrogens is 349 g/mol. The molecule has 0 saturated heterocycles. The van der Waals surface area contributed by atoms with Crippen LogP contribution in [0.3, 0.4) is 0 Å². The van der Waals surface area contributed by atoms with Gasteiger partial charge in [-0.15, -0.1) is 0 Å². The Morgan fingerprint density at radius 3 is 3.00 bits per heavy atom. The van der Waals surface area contributed by atoms with Crippen LogP contribution in [-0.2, 0) is 0 Å². The van der Waals surface area contributed by atoms with E-state index in [2.05, 4.69) is 34.8 Å². The molecule has 0 spiro atoms. The van der Waals surface area contributed by atoms with Gasteiger partial charge in [-0.2, -0.15) is 0 Å². The summed E-state index contributed by atoms with van der Waals surface area (Å²) in [4.78, 5) is 12.0. The molecule has 0 bridgehead atoms. The molecule has 1 aliphatic carbocycles. The van der Waals surface area contributed by atoms with Crippen LogP contribution < -0.4 is 5.32 Å². The molecule has 0 heterocycles. The number of carbonyl (C=O) groups is 1. The zero-order valence-corrected chi connectivity index (χ0v) is 13.7. The largest absolute Gasteiger partial charge is 0.352 e. The first-order chi connectivity index (χ1) is 9.15. The molecule has 1 aromatic carbocycles. The molecule has 1 aromatic rings. The third kappa shape index (κ3) is 4.79. The molecule has 104 valence electrons. The van der Waals surface area contributed by atoms with E-state index in [0.29, 0.717) is 0 Å². The maximum atomic E-state index is 12.0. The van der Waals surface area contributed by atoms with Gasteiger partial charge in [-0.05, 0) is 65.5 Å². The highest BCUT2D eigenvalue weighted by molar-refractivity contribution is 14.1. The van der Waals surface area contributed by atoms with Crippen LogP contribution in [0, 0.1) is 15.4 Å². The number of halogens is 1. The number of hydrogen-bond donors (Lipinski definition) is 1. The summed E-state index contributed by atoms with van der Waals surface area (Å²) < 4.78 is 1.10. The normalized spacial score (nSPS) is 23.1. The van der Waals surface area contributed by atoms with Crippen LogP contribution in [0.1, 0.15) is 49.4 Å². The quantitative estimate of drug-likeness (QED) is 0.789. The lowest BCUT2D eigenvalue weighted by Crippen LogP contribution is -2.27.